The lowest BCUT2D eigenvalue weighted by Gasteiger charge is -2.04. The number of thiazole rings is 1. The molecule has 0 spiro atoms. The van der Waals surface area contributed by atoms with E-state index in [1.807, 2.05) is 0 Å². The minimum Gasteiger partial charge on any atom is -0.459 e. The Bertz CT molecular complexity index is 865. The second-order valence-electron chi connectivity index (χ2n) is 4.51. The van der Waals surface area contributed by atoms with Gasteiger partial charge in [0.15, 0.2) is 10.6 Å². The number of ether oxygens (including phenoxy) is 1. The highest BCUT2D eigenvalue weighted by molar-refractivity contribution is 7.16. The van der Waals surface area contributed by atoms with Crippen LogP contribution in [0.15, 0.2) is 46.0 Å². The number of hydrogen-bond acceptors (Lipinski definition) is 4. The number of rotatable bonds is 4. The van der Waals surface area contributed by atoms with Gasteiger partial charge in [0, 0.05) is 13.7 Å². The van der Waals surface area contributed by atoms with Gasteiger partial charge in [0.1, 0.15) is 5.82 Å². The summed E-state index contributed by atoms with van der Waals surface area (Å²) in [4.78, 5) is 16.5. The molecular weight excluding hydrogens is 307 g/mol. The number of methoxy groups -OCH3 is 1. The molecule has 3 rings (SSSR count). The highest BCUT2D eigenvalue weighted by Crippen LogP contribution is 2.20. The van der Waals surface area contributed by atoms with Crippen LogP contribution < -0.4 is 4.80 Å². The SMILES string of the molecule is COCCn1c(=NC(=O)c2ccco2)sc2cccc(F)c21. The molecule has 0 radical (unpaired) electrons. The normalized spacial score (nSPS) is 12.2. The molecule has 114 valence electrons. The summed E-state index contributed by atoms with van der Waals surface area (Å²) >= 11 is 1.25. The largest absolute Gasteiger partial charge is 0.459 e. The number of halogens is 1. The number of carbonyl (C=O) groups is 1. The standard InChI is InChI=1S/C15H13FN2O3S/c1-20-9-7-18-13-10(16)4-2-6-12(13)22-15(18)17-14(19)11-5-3-8-21-11/h2-6,8H,7,9H2,1H3. The molecule has 0 bridgehead atoms. The van der Waals surface area contributed by atoms with E-state index in [2.05, 4.69) is 4.99 Å². The molecule has 0 atom stereocenters. The third kappa shape index (κ3) is 2.72. The van der Waals surface area contributed by atoms with E-state index in [0.29, 0.717) is 23.5 Å². The zero-order chi connectivity index (χ0) is 15.5. The molecule has 3 aromatic rings. The van der Waals surface area contributed by atoms with Gasteiger partial charge in [-0.25, -0.2) is 4.39 Å². The lowest BCUT2D eigenvalue weighted by atomic mass is 10.3. The van der Waals surface area contributed by atoms with Gasteiger partial charge in [0.05, 0.1) is 23.1 Å². The Morgan fingerprint density at radius 1 is 1.41 bits per heavy atom. The Kier molecular flexibility index (Phi) is 4.17. The van der Waals surface area contributed by atoms with E-state index < -0.39 is 5.91 Å². The summed E-state index contributed by atoms with van der Waals surface area (Å²) in [5, 5.41) is 0. The van der Waals surface area contributed by atoms with Crippen LogP contribution in [0.1, 0.15) is 10.6 Å². The molecule has 22 heavy (non-hydrogen) atoms. The van der Waals surface area contributed by atoms with E-state index in [4.69, 9.17) is 9.15 Å². The van der Waals surface area contributed by atoms with Crippen LogP contribution in [-0.2, 0) is 11.3 Å². The molecule has 7 heteroatoms. The Labute approximate surface area is 129 Å². The lowest BCUT2D eigenvalue weighted by molar-refractivity contribution is 0.0971. The van der Waals surface area contributed by atoms with Gasteiger partial charge in [0.2, 0.25) is 0 Å². The van der Waals surface area contributed by atoms with Crippen molar-refractivity contribution < 1.29 is 18.3 Å². The maximum absolute atomic E-state index is 14.1. The van der Waals surface area contributed by atoms with Crippen LogP contribution in [0.2, 0.25) is 0 Å². The Morgan fingerprint density at radius 3 is 3.00 bits per heavy atom. The van der Waals surface area contributed by atoms with Crippen molar-refractivity contribution in [2.75, 3.05) is 13.7 Å². The predicted octanol–water partition coefficient (Wildman–Crippen LogP) is 2.82. The molecule has 0 fully saturated rings. The third-order valence-electron chi connectivity index (χ3n) is 3.10. The van der Waals surface area contributed by atoms with Crippen LogP contribution in [0.25, 0.3) is 10.2 Å². The summed E-state index contributed by atoms with van der Waals surface area (Å²) in [7, 11) is 1.57. The molecule has 0 aliphatic heterocycles. The van der Waals surface area contributed by atoms with Crippen LogP contribution >= 0.6 is 11.3 Å². The van der Waals surface area contributed by atoms with Crippen molar-refractivity contribution in [3.63, 3.8) is 0 Å². The fourth-order valence-corrected chi connectivity index (χ4v) is 3.17. The molecule has 0 saturated carbocycles. The molecule has 5 nitrogen and oxygen atoms in total. The van der Waals surface area contributed by atoms with E-state index in [9.17, 15) is 9.18 Å². The monoisotopic (exact) mass is 320 g/mol. The molecule has 2 aromatic heterocycles. The fourth-order valence-electron chi connectivity index (χ4n) is 2.10. The van der Waals surface area contributed by atoms with Crippen LogP contribution in [0.3, 0.4) is 0 Å². The van der Waals surface area contributed by atoms with Crippen molar-refractivity contribution >= 4 is 27.5 Å². The van der Waals surface area contributed by atoms with Gasteiger partial charge in [0.25, 0.3) is 0 Å². The number of aromatic nitrogens is 1. The van der Waals surface area contributed by atoms with Gasteiger partial charge in [-0.1, -0.05) is 17.4 Å². The zero-order valence-corrected chi connectivity index (χ0v) is 12.6. The highest BCUT2D eigenvalue weighted by atomic mass is 32.1. The van der Waals surface area contributed by atoms with Crippen molar-refractivity contribution in [3.8, 4) is 0 Å². The number of fused-ring (bicyclic) bond motifs is 1. The first-order valence-corrected chi connectivity index (χ1v) is 7.41. The number of carbonyl (C=O) groups excluding carboxylic acids is 1. The van der Waals surface area contributed by atoms with Crippen LogP contribution in [0.4, 0.5) is 4.39 Å². The number of amides is 1. The van der Waals surface area contributed by atoms with Crippen LogP contribution in [-0.4, -0.2) is 24.2 Å². The molecule has 0 aliphatic rings. The molecular formula is C15H13FN2O3S. The van der Waals surface area contributed by atoms with Gasteiger partial charge in [-0.15, -0.1) is 0 Å². The number of furan rings is 1. The molecule has 1 amide bonds. The van der Waals surface area contributed by atoms with Crippen molar-refractivity contribution in [3.05, 3.63) is 53.0 Å². The zero-order valence-electron chi connectivity index (χ0n) is 11.8. The van der Waals surface area contributed by atoms with Crippen molar-refractivity contribution in [1.29, 1.82) is 0 Å². The van der Waals surface area contributed by atoms with Gasteiger partial charge in [-0.05, 0) is 24.3 Å². The highest BCUT2D eigenvalue weighted by Gasteiger charge is 2.13. The Balaban J connectivity index is 2.15. The molecule has 0 saturated heterocycles. The van der Waals surface area contributed by atoms with Gasteiger partial charge in [-0.2, -0.15) is 4.99 Å². The topological polar surface area (TPSA) is 56.7 Å². The van der Waals surface area contributed by atoms with E-state index in [1.165, 1.54) is 23.7 Å². The Hall–Kier alpha value is -2.25. The first-order chi connectivity index (χ1) is 10.7. The smallest absolute Gasteiger partial charge is 0.315 e. The quantitative estimate of drug-likeness (QED) is 0.743. The van der Waals surface area contributed by atoms with E-state index in [0.717, 1.165) is 4.70 Å². The number of benzene rings is 1. The lowest BCUT2D eigenvalue weighted by Crippen LogP contribution is -2.19. The summed E-state index contributed by atoms with van der Waals surface area (Å²) < 4.78 is 26.6. The summed E-state index contributed by atoms with van der Waals surface area (Å²) in [6.45, 7) is 0.796. The average molecular weight is 320 g/mol. The van der Waals surface area contributed by atoms with Gasteiger partial charge < -0.3 is 13.7 Å². The molecule has 1 aromatic carbocycles. The maximum atomic E-state index is 14.1. The second-order valence-corrected chi connectivity index (χ2v) is 5.52. The molecule has 0 N–H and O–H groups in total. The second kappa shape index (κ2) is 6.25. The number of para-hydroxylation sites is 1. The average Bonchev–Trinajstić information content (AvgIpc) is 3.13. The van der Waals surface area contributed by atoms with E-state index in [-0.39, 0.29) is 11.6 Å². The minimum atomic E-state index is -0.497. The van der Waals surface area contributed by atoms with E-state index >= 15 is 0 Å². The minimum absolute atomic E-state index is 0.149. The van der Waals surface area contributed by atoms with Gasteiger partial charge in [-0.3, -0.25) is 4.79 Å². The summed E-state index contributed by atoms with van der Waals surface area (Å²) in [5.74, 6) is -0.698. The van der Waals surface area contributed by atoms with Gasteiger partial charge >= 0.3 is 5.91 Å². The number of hydrogen-bond donors (Lipinski definition) is 0. The first-order valence-electron chi connectivity index (χ1n) is 6.60. The summed E-state index contributed by atoms with van der Waals surface area (Å²) in [6.07, 6.45) is 1.41. The summed E-state index contributed by atoms with van der Waals surface area (Å²) in [5.41, 5.74) is 0.426. The first kappa shape index (κ1) is 14.7. The van der Waals surface area contributed by atoms with Crippen molar-refractivity contribution in [1.82, 2.24) is 4.57 Å². The van der Waals surface area contributed by atoms with Crippen LogP contribution in [0, 0.1) is 5.82 Å². The third-order valence-corrected chi connectivity index (χ3v) is 4.14. The van der Waals surface area contributed by atoms with E-state index in [1.54, 1.807) is 35.9 Å². The molecule has 0 aliphatic carbocycles. The van der Waals surface area contributed by atoms with Crippen LogP contribution in [0.5, 0.6) is 0 Å². The van der Waals surface area contributed by atoms with Crippen molar-refractivity contribution in [2.45, 2.75) is 6.54 Å². The molecule has 2 heterocycles. The molecule has 0 unspecified atom stereocenters. The van der Waals surface area contributed by atoms with Crippen molar-refractivity contribution in [2.24, 2.45) is 4.99 Å². The fraction of sp³-hybridized carbons (Fsp3) is 0.200. The predicted molar refractivity (Wildman–Crippen MR) is 80.3 cm³/mol. The maximum Gasteiger partial charge on any atom is 0.315 e. The Morgan fingerprint density at radius 2 is 2.27 bits per heavy atom. The number of nitrogens with zero attached hydrogens (tertiary/aromatic N) is 2. The summed E-state index contributed by atoms with van der Waals surface area (Å²) in [6, 6.07) is 7.97.